The van der Waals surface area contributed by atoms with Gasteiger partial charge in [-0.2, -0.15) is 13.2 Å². The quantitative estimate of drug-likeness (QED) is 0.895. The normalized spacial score (nSPS) is 11.3. The van der Waals surface area contributed by atoms with Crippen LogP contribution in [-0.4, -0.2) is 22.1 Å². The summed E-state index contributed by atoms with van der Waals surface area (Å²) in [5, 5.41) is 12.2. The van der Waals surface area contributed by atoms with E-state index in [1.54, 1.807) is 0 Å². The van der Waals surface area contributed by atoms with E-state index in [0.717, 1.165) is 16.7 Å². The predicted molar refractivity (Wildman–Crippen MR) is 80.8 cm³/mol. The van der Waals surface area contributed by atoms with Crippen LogP contribution in [0.25, 0.3) is 0 Å². The third-order valence-corrected chi connectivity index (χ3v) is 3.47. The molecule has 0 aliphatic carbocycles. The van der Waals surface area contributed by atoms with Gasteiger partial charge in [-0.1, -0.05) is 12.1 Å². The Hall–Kier alpha value is -2.77. The number of aryl methyl sites for hydroxylation is 1. The summed E-state index contributed by atoms with van der Waals surface area (Å²) in [5.74, 6) is -1.27. The molecule has 2 N–H and O–H groups in total. The molecule has 1 aromatic heterocycles. The van der Waals surface area contributed by atoms with Gasteiger partial charge >= 0.3 is 6.18 Å². The van der Waals surface area contributed by atoms with Crippen LogP contribution >= 0.6 is 0 Å². The van der Waals surface area contributed by atoms with Crippen LogP contribution in [0.1, 0.15) is 21.5 Å². The van der Waals surface area contributed by atoms with E-state index in [4.69, 9.17) is 0 Å². The zero-order valence-corrected chi connectivity index (χ0v) is 12.7. The lowest BCUT2D eigenvalue weighted by atomic mass is 10.1. The second-order valence-corrected chi connectivity index (χ2v) is 5.19. The van der Waals surface area contributed by atoms with Gasteiger partial charge in [0.25, 0.3) is 11.5 Å². The molecule has 2 rings (SSSR count). The Labute approximate surface area is 135 Å². The van der Waals surface area contributed by atoms with E-state index >= 15 is 0 Å². The molecular weight excluding hydrogens is 325 g/mol. The summed E-state index contributed by atoms with van der Waals surface area (Å²) in [6.07, 6.45) is -2.72. The number of aromatic hydroxyl groups is 1. The number of amides is 1. The van der Waals surface area contributed by atoms with Crippen molar-refractivity contribution in [1.82, 2.24) is 9.88 Å². The van der Waals surface area contributed by atoms with E-state index in [1.165, 1.54) is 31.4 Å². The maximum absolute atomic E-state index is 12.5. The fourth-order valence-corrected chi connectivity index (χ4v) is 2.07. The number of aromatic nitrogens is 1. The third-order valence-electron chi connectivity index (χ3n) is 3.47. The van der Waals surface area contributed by atoms with Crippen LogP contribution in [0.2, 0.25) is 0 Å². The monoisotopic (exact) mass is 340 g/mol. The molecule has 1 heterocycles. The number of carbonyl (C=O) groups excluding carboxylic acids is 1. The van der Waals surface area contributed by atoms with Gasteiger partial charge in [0.05, 0.1) is 11.1 Å². The van der Waals surface area contributed by atoms with Gasteiger partial charge in [-0.25, -0.2) is 0 Å². The Morgan fingerprint density at radius 2 is 1.83 bits per heavy atom. The van der Waals surface area contributed by atoms with Crippen molar-refractivity contribution in [3.05, 3.63) is 63.6 Å². The summed E-state index contributed by atoms with van der Waals surface area (Å²) in [5.41, 5.74) is -0.951. The number of rotatable bonds is 4. The first-order valence-corrected chi connectivity index (χ1v) is 7.03. The number of alkyl halides is 3. The van der Waals surface area contributed by atoms with Gasteiger partial charge in [0.1, 0.15) is 0 Å². The maximum Gasteiger partial charge on any atom is 0.416 e. The summed E-state index contributed by atoms with van der Waals surface area (Å²) in [7, 11) is 1.44. The lowest BCUT2D eigenvalue weighted by Gasteiger charge is -2.09. The van der Waals surface area contributed by atoms with Gasteiger partial charge in [0, 0.05) is 19.8 Å². The summed E-state index contributed by atoms with van der Waals surface area (Å²) in [6, 6.07) is 5.94. The molecule has 0 spiro atoms. The van der Waals surface area contributed by atoms with E-state index in [0.29, 0.717) is 12.0 Å². The molecule has 0 saturated carbocycles. The molecule has 1 aromatic carbocycles. The molecule has 2 aromatic rings. The Morgan fingerprint density at radius 3 is 2.42 bits per heavy atom. The van der Waals surface area contributed by atoms with Gasteiger partial charge in [-0.05, 0) is 30.2 Å². The number of hydrogen-bond donors (Lipinski definition) is 2. The highest BCUT2D eigenvalue weighted by Gasteiger charge is 2.29. The van der Waals surface area contributed by atoms with E-state index < -0.39 is 29.0 Å². The van der Waals surface area contributed by atoms with E-state index in [-0.39, 0.29) is 12.1 Å². The highest BCUT2D eigenvalue weighted by molar-refractivity contribution is 5.96. The second-order valence-electron chi connectivity index (χ2n) is 5.19. The SMILES string of the molecule is Cn1ccc(C(=O)NCCc2ccc(C(F)(F)F)cc2)c(O)c1=O. The molecular formula is C16H15F3N2O3. The Balaban J connectivity index is 1.96. The first-order valence-electron chi connectivity index (χ1n) is 7.03. The van der Waals surface area contributed by atoms with Crippen molar-refractivity contribution in [2.24, 2.45) is 7.05 Å². The third kappa shape index (κ3) is 3.95. The number of benzene rings is 1. The molecule has 5 nitrogen and oxygen atoms in total. The predicted octanol–water partition coefficient (Wildman–Crippen LogP) is 2.08. The van der Waals surface area contributed by atoms with E-state index in [2.05, 4.69) is 5.32 Å². The molecule has 0 atom stereocenters. The van der Waals surface area contributed by atoms with Crippen LogP contribution in [0.5, 0.6) is 5.75 Å². The zero-order chi connectivity index (χ0) is 17.9. The van der Waals surface area contributed by atoms with Crippen LogP contribution in [0.3, 0.4) is 0 Å². The fraction of sp³-hybridized carbons (Fsp3) is 0.250. The Morgan fingerprint density at radius 1 is 1.21 bits per heavy atom. The molecule has 24 heavy (non-hydrogen) atoms. The molecule has 0 saturated heterocycles. The Bertz CT molecular complexity index is 796. The largest absolute Gasteiger partial charge is 0.502 e. The molecule has 0 aliphatic rings. The summed E-state index contributed by atoms with van der Waals surface area (Å²) < 4.78 is 38.5. The molecule has 0 aliphatic heterocycles. The fourth-order valence-electron chi connectivity index (χ4n) is 2.07. The molecule has 0 unspecified atom stereocenters. The summed E-state index contributed by atoms with van der Waals surface area (Å²) >= 11 is 0. The number of halogens is 3. The number of hydrogen-bond acceptors (Lipinski definition) is 3. The first kappa shape index (κ1) is 17.6. The van der Waals surface area contributed by atoms with Crippen LogP contribution in [0, 0.1) is 0 Å². The average Bonchev–Trinajstić information content (AvgIpc) is 2.52. The minimum Gasteiger partial charge on any atom is -0.502 e. The number of nitrogens with zero attached hydrogens (tertiary/aromatic N) is 1. The topological polar surface area (TPSA) is 71.3 Å². The van der Waals surface area contributed by atoms with E-state index in [9.17, 15) is 27.9 Å². The number of pyridine rings is 1. The number of nitrogens with one attached hydrogen (secondary N) is 1. The molecule has 0 bridgehead atoms. The van der Waals surface area contributed by atoms with Gasteiger partial charge < -0.3 is 15.0 Å². The van der Waals surface area contributed by atoms with Crippen molar-refractivity contribution in [1.29, 1.82) is 0 Å². The molecule has 0 radical (unpaired) electrons. The second kappa shape index (κ2) is 6.77. The highest BCUT2D eigenvalue weighted by atomic mass is 19.4. The first-order chi connectivity index (χ1) is 11.2. The van der Waals surface area contributed by atoms with E-state index in [1.807, 2.05) is 0 Å². The van der Waals surface area contributed by atoms with Crippen LogP contribution in [0.4, 0.5) is 13.2 Å². The smallest absolute Gasteiger partial charge is 0.416 e. The van der Waals surface area contributed by atoms with Gasteiger partial charge in [-0.3, -0.25) is 9.59 Å². The molecule has 1 amide bonds. The zero-order valence-electron chi connectivity index (χ0n) is 12.7. The minimum atomic E-state index is -4.39. The summed E-state index contributed by atoms with van der Waals surface area (Å²) in [6.45, 7) is 0.152. The van der Waals surface area contributed by atoms with Crippen molar-refractivity contribution in [2.45, 2.75) is 12.6 Å². The van der Waals surface area contributed by atoms with Gasteiger partial charge in [-0.15, -0.1) is 0 Å². The standard InChI is InChI=1S/C16H15F3N2O3/c1-21-9-7-12(13(22)15(21)24)14(23)20-8-6-10-2-4-11(5-3-10)16(17,18)19/h2-5,7,9,22H,6,8H2,1H3,(H,20,23). The molecule has 8 heteroatoms. The summed E-state index contributed by atoms with van der Waals surface area (Å²) in [4.78, 5) is 23.5. The van der Waals surface area contributed by atoms with Crippen molar-refractivity contribution in [3.63, 3.8) is 0 Å². The lowest BCUT2D eigenvalue weighted by Crippen LogP contribution is -2.28. The van der Waals surface area contributed by atoms with Crippen molar-refractivity contribution >= 4 is 5.91 Å². The van der Waals surface area contributed by atoms with Crippen LogP contribution < -0.4 is 10.9 Å². The van der Waals surface area contributed by atoms with Crippen LogP contribution in [-0.2, 0) is 19.6 Å². The van der Waals surface area contributed by atoms with Crippen LogP contribution in [0.15, 0.2) is 41.3 Å². The Kier molecular flexibility index (Phi) is 4.96. The van der Waals surface area contributed by atoms with Gasteiger partial charge in [0.2, 0.25) is 0 Å². The molecule has 0 fully saturated rings. The molecule has 128 valence electrons. The van der Waals surface area contributed by atoms with Crippen molar-refractivity contribution < 1.29 is 23.1 Å². The maximum atomic E-state index is 12.5. The lowest BCUT2D eigenvalue weighted by molar-refractivity contribution is -0.137. The average molecular weight is 340 g/mol. The van der Waals surface area contributed by atoms with Crippen molar-refractivity contribution in [2.75, 3.05) is 6.54 Å². The van der Waals surface area contributed by atoms with Gasteiger partial charge in [0.15, 0.2) is 5.75 Å². The number of carbonyl (C=O) groups is 1. The highest BCUT2D eigenvalue weighted by Crippen LogP contribution is 2.29. The van der Waals surface area contributed by atoms with Crippen molar-refractivity contribution in [3.8, 4) is 5.75 Å². The minimum absolute atomic E-state index is 0.148.